The summed E-state index contributed by atoms with van der Waals surface area (Å²) in [5, 5.41) is 4.38. The lowest BCUT2D eigenvalue weighted by molar-refractivity contribution is 0.239. The molecular formula is C14H14N4S. The lowest BCUT2D eigenvalue weighted by Crippen LogP contribution is -2.30. The van der Waals surface area contributed by atoms with Gasteiger partial charge in [0.25, 0.3) is 0 Å². The molecule has 0 saturated heterocycles. The second-order valence-electron chi connectivity index (χ2n) is 4.88. The highest BCUT2D eigenvalue weighted by Gasteiger charge is 2.22. The van der Waals surface area contributed by atoms with Gasteiger partial charge in [0.2, 0.25) is 4.96 Å². The zero-order valence-corrected chi connectivity index (χ0v) is 11.3. The SMILES string of the molecule is c1ccc(CN2CCc3nc4scnn4c3C2)cc1. The van der Waals surface area contributed by atoms with Gasteiger partial charge in [-0.05, 0) is 5.56 Å². The Labute approximate surface area is 115 Å². The molecule has 3 aromatic rings. The van der Waals surface area contributed by atoms with E-state index in [4.69, 9.17) is 0 Å². The molecule has 0 amide bonds. The Morgan fingerprint density at radius 1 is 1.21 bits per heavy atom. The van der Waals surface area contributed by atoms with Crippen LogP contribution in [0.15, 0.2) is 35.8 Å². The Morgan fingerprint density at radius 2 is 2.11 bits per heavy atom. The minimum Gasteiger partial charge on any atom is -0.293 e. The van der Waals surface area contributed by atoms with Gasteiger partial charge in [0.05, 0.1) is 11.4 Å². The zero-order chi connectivity index (χ0) is 12.7. The van der Waals surface area contributed by atoms with E-state index in [9.17, 15) is 0 Å². The first-order chi connectivity index (χ1) is 9.40. The largest absolute Gasteiger partial charge is 0.293 e. The van der Waals surface area contributed by atoms with Crippen LogP contribution in [-0.4, -0.2) is 26.0 Å². The summed E-state index contributed by atoms with van der Waals surface area (Å²) in [6.07, 6.45) is 1.03. The van der Waals surface area contributed by atoms with Crippen molar-refractivity contribution in [1.82, 2.24) is 19.5 Å². The summed E-state index contributed by atoms with van der Waals surface area (Å²) in [5.74, 6) is 0. The maximum atomic E-state index is 4.65. The normalized spacial score (nSPS) is 15.8. The lowest BCUT2D eigenvalue weighted by Gasteiger charge is -2.26. The molecule has 4 rings (SSSR count). The molecule has 0 N–H and O–H groups in total. The van der Waals surface area contributed by atoms with Gasteiger partial charge < -0.3 is 0 Å². The first kappa shape index (κ1) is 11.1. The summed E-state index contributed by atoms with van der Waals surface area (Å²) < 4.78 is 2.00. The highest BCUT2D eigenvalue weighted by atomic mass is 32.1. The highest BCUT2D eigenvalue weighted by molar-refractivity contribution is 7.14. The number of nitrogens with zero attached hydrogens (tertiary/aromatic N) is 4. The van der Waals surface area contributed by atoms with Gasteiger partial charge in [-0.15, -0.1) is 0 Å². The molecule has 96 valence electrons. The second-order valence-corrected chi connectivity index (χ2v) is 5.70. The van der Waals surface area contributed by atoms with E-state index < -0.39 is 0 Å². The summed E-state index contributed by atoms with van der Waals surface area (Å²) in [5.41, 5.74) is 5.71. The summed E-state index contributed by atoms with van der Waals surface area (Å²) in [4.78, 5) is 8.13. The quantitative estimate of drug-likeness (QED) is 0.716. The average molecular weight is 270 g/mol. The van der Waals surface area contributed by atoms with Crippen molar-refractivity contribution in [2.45, 2.75) is 19.5 Å². The Morgan fingerprint density at radius 3 is 3.00 bits per heavy atom. The monoisotopic (exact) mass is 270 g/mol. The standard InChI is InChI=1S/C14H14N4S/c1-2-4-11(5-3-1)8-17-7-6-12-13(9-17)18-14(16-12)19-10-15-18/h1-5,10H,6-9H2. The number of rotatable bonds is 2. The maximum absolute atomic E-state index is 4.65. The van der Waals surface area contributed by atoms with E-state index in [1.807, 2.05) is 10.0 Å². The third kappa shape index (κ3) is 1.95. The lowest BCUT2D eigenvalue weighted by atomic mass is 10.1. The van der Waals surface area contributed by atoms with Crippen LogP contribution in [0, 0.1) is 0 Å². The van der Waals surface area contributed by atoms with Gasteiger partial charge in [-0.25, -0.2) is 9.50 Å². The fourth-order valence-corrected chi connectivity index (χ4v) is 3.32. The van der Waals surface area contributed by atoms with E-state index in [0.717, 1.165) is 31.0 Å². The molecular weight excluding hydrogens is 256 g/mol. The van der Waals surface area contributed by atoms with Gasteiger partial charge in [-0.2, -0.15) is 5.10 Å². The van der Waals surface area contributed by atoms with Crippen molar-refractivity contribution in [2.24, 2.45) is 0 Å². The minimum absolute atomic E-state index is 0.940. The van der Waals surface area contributed by atoms with Gasteiger partial charge in [0, 0.05) is 26.1 Å². The number of hydrogen-bond donors (Lipinski definition) is 0. The molecule has 5 heteroatoms. The van der Waals surface area contributed by atoms with Crippen LogP contribution in [0.4, 0.5) is 0 Å². The Balaban J connectivity index is 1.60. The van der Waals surface area contributed by atoms with Crippen molar-refractivity contribution < 1.29 is 0 Å². The van der Waals surface area contributed by atoms with E-state index in [0.29, 0.717) is 0 Å². The molecule has 19 heavy (non-hydrogen) atoms. The van der Waals surface area contributed by atoms with Crippen molar-refractivity contribution in [3.63, 3.8) is 0 Å². The van der Waals surface area contributed by atoms with Crippen LogP contribution in [0.2, 0.25) is 0 Å². The molecule has 0 unspecified atom stereocenters. The number of fused-ring (bicyclic) bond motifs is 3. The predicted octanol–water partition coefficient (Wildman–Crippen LogP) is 2.35. The molecule has 0 bridgehead atoms. The summed E-state index contributed by atoms with van der Waals surface area (Å²) in [6, 6.07) is 10.6. The van der Waals surface area contributed by atoms with Crippen molar-refractivity contribution in [3.8, 4) is 0 Å². The molecule has 4 nitrogen and oxygen atoms in total. The smallest absolute Gasteiger partial charge is 0.212 e. The van der Waals surface area contributed by atoms with Crippen molar-refractivity contribution in [3.05, 3.63) is 52.8 Å². The topological polar surface area (TPSA) is 33.4 Å². The number of aromatic nitrogens is 3. The highest BCUT2D eigenvalue weighted by Crippen LogP contribution is 2.22. The Hall–Kier alpha value is -1.72. The summed E-state index contributed by atoms with van der Waals surface area (Å²) >= 11 is 1.61. The van der Waals surface area contributed by atoms with E-state index in [-0.39, 0.29) is 0 Å². The third-order valence-electron chi connectivity index (χ3n) is 3.61. The Kier molecular flexibility index (Phi) is 2.60. The van der Waals surface area contributed by atoms with Gasteiger partial charge in [0.1, 0.15) is 5.51 Å². The van der Waals surface area contributed by atoms with Crippen LogP contribution in [0.1, 0.15) is 17.0 Å². The van der Waals surface area contributed by atoms with E-state index >= 15 is 0 Å². The predicted molar refractivity (Wildman–Crippen MR) is 75.1 cm³/mol. The van der Waals surface area contributed by atoms with Crippen LogP contribution in [0.3, 0.4) is 0 Å². The minimum atomic E-state index is 0.940. The van der Waals surface area contributed by atoms with E-state index in [1.54, 1.807) is 11.3 Å². The molecule has 1 aliphatic rings. The molecule has 1 aliphatic heterocycles. The van der Waals surface area contributed by atoms with Crippen LogP contribution in [-0.2, 0) is 19.5 Å². The van der Waals surface area contributed by atoms with Crippen LogP contribution in [0.25, 0.3) is 4.96 Å². The third-order valence-corrected chi connectivity index (χ3v) is 4.28. The van der Waals surface area contributed by atoms with Gasteiger partial charge in [-0.3, -0.25) is 4.90 Å². The second kappa shape index (κ2) is 4.43. The van der Waals surface area contributed by atoms with Gasteiger partial charge >= 0.3 is 0 Å². The van der Waals surface area contributed by atoms with Crippen LogP contribution in [0.5, 0.6) is 0 Å². The van der Waals surface area contributed by atoms with Crippen LogP contribution >= 0.6 is 11.3 Å². The molecule has 0 radical (unpaired) electrons. The number of imidazole rings is 1. The molecule has 1 aromatic carbocycles. The number of hydrogen-bond acceptors (Lipinski definition) is 4. The van der Waals surface area contributed by atoms with E-state index in [2.05, 4.69) is 45.3 Å². The average Bonchev–Trinajstić information content (AvgIpc) is 3.01. The van der Waals surface area contributed by atoms with Crippen LogP contribution < -0.4 is 0 Å². The molecule has 0 aliphatic carbocycles. The van der Waals surface area contributed by atoms with Gasteiger partial charge in [0.15, 0.2) is 0 Å². The molecule has 0 atom stereocenters. The molecule has 0 fully saturated rings. The first-order valence-electron chi connectivity index (χ1n) is 6.46. The van der Waals surface area contributed by atoms with E-state index in [1.165, 1.54) is 17.0 Å². The fraction of sp³-hybridized carbons (Fsp3) is 0.286. The molecule has 3 heterocycles. The van der Waals surface area contributed by atoms with Crippen molar-refractivity contribution in [1.29, 1.82) is 0 Å². The molecule has 0 saturated carbocycles. The van der Waals surface area contributed by atoms with Gasteiger partial charge in [-0.1, -0.05) is 41.7 Å². The maximum Gasteiger partial charge on any atom is 0.212 e. The molecule has 2 aromatic heterocycles. The first-order valence-corrected chi connectivity index (χ1v) is 7.34. The molecule has 0 spiro atoms. The Bertz CT molecular complexity index is 701. The van der Waals surface area contributed by atoms with Crippen molar-refractivity contribution in [2.75, 3.05) is 6.54 Å². The number of benzene rings is 1. The summed E-state index contributed by atoms with van der Waals surface area (Å²) in [7, 11) is 0. The fourth-order valence-electron chi connectivity index (χ4n) is 2.67. The zero-order valence-electron chi connectivity index (χ0n) is 10.5. The van der Waals surface area contributed by atoms with Crippen molar-refractivity contribution >= 4 is 16.3 Å². The summed E-state index contributed by atoms with van der Waals surface area (Å²) in [6.45, 7) is 3.01.